The lowest BCUT2D eigenvalue weighted by Gasteiger charge is -2.46. The van der Waals surface area contributed by atoms with E-state index in [0.29, 0.717) is 11.5 Å². The van der Waals surface area contributed by atoms with E-state index in [-0.39, 0.29) is 0 Å². The first-order valence-electron chi connectivity index (χ1n) is 6.87. The molecule has 0 aromatic rings. The second-order valence-electron chi connectivity index (χ2n) is 6.37. The largest absolute Gasteiger partial charge is 0.311 e. The Hall–Kier alpha value is -0.0800. The molecule has 1 heterocycles. The lowest BCUT2D eigenvalue weighted by Crippen LogP contribution is -2.61. The predicted octanol–water partition coefficient (Wildman–Crippen LogP) is 2.74. The van der Waals surface area contributed by atoms with Crippen molar-refractivity contribution in [2.45, 2.75) is 60.0 Å². The van der Waals surface area contributed by atoms with Crippen molar-refractivity contribution in [3.8, 4) is 0 Å². The highest BCUT2D eigenvalue weighted by atomic mass is 15.2. The van der Waals surface area contributed by atoms with Crippen LogP contribution in [-0.4, -0.2) is 36.6 Å². The van der Waals surface area contributed by atoms with E-state index in [4.69, 9.17) is 0 Å². The summed E-state index contributed by atoms with van der Waals surface area (Å²) < 4.78 is 0. The minimum atomic E-state index is 0.369. The van der Waals surface area contributed by atoms with Crippen molar-refractivity contribution in [1.82, 2.24) is 10.2 Å². The number of rotatable bonds is 3. The monoisotopic (exact) mass is 226 g/mol. The molecule has 3 atom stereocenters. The van der Waals surface area contributed by atoms with E-state index < -0.39 is 0 Å². The Morgan fingerprint density at radius 2 is 1.94 bits per heavy atom. The smallest absolute Gasteiger partial charge is 0.0246 e. The summed E-state index contributed by atoms with van der Waals surface area (Å²) >= 11 is 0. The van der Waals surface area contributed by atoms with Gasteiger partial charge in [-0.25, -0.2) is 0 Å². The van der Waals surface area contributed by atoms with Crippen molar-refractivity contribution in [3.63, 3.8) is 0 Å². The highest BCUT2D eigenvalue weighted by Crippen LogP contribution is 2.26. The van der Waals surface area contributed by atoms with Gasteiger partial charge < -0.3 is 5.32 Å². The van der Waals surface area contributed by atoms with Gasteiger partial charge in [0.25, 0.3) is 0 Å². The molecule has 0 aliphatic carbocycles. The molecule has 1 rings (SSSR count). The molecule has 0 saturated carbocycles. The van der Waals surface area contributed by atoms with E-state index in [1.807, 2.05) is 0 Å². The third-order valence-corrected chi connectivity index (χ3v) is 4.21. The van der Waals surface area contributed by atoms with Crippen LogP contribution in [0.3, 0.4) is 0 Å². The molecule has 0 amide bonds. The van der Waals surface area contributed by atoms with Crippen LogP contribution in [0.4, 0.5) is 0 Å². The van der Waals surface area contributed by atoms with Crippen molar-refractivity contribution in [2.75, 3.05) is 19.6 Å². The Kier molecular flexibility index (Phi) is 4.81. The molecule has 0 radical (unpaired) electrons. The topological polar surface area (TPSA) is 15.3 Å². The maximum Gasteiger partial charge on any atom is 0.0246 e. The van der Waals surface area contributed by atoms with E-state index >= 15 is 0 Å². The zero-order chi connectivity index (χ0) is 12.3. The molecule has 2 nitrogen and oxygen atoms in total. The SMILES string of the molecule is CCC(C)C1CNC(C(C)(C)C)CN1CC. The summed E-state index contributed by atoms with van der Waals surface area (Å²) in [4.78, 5) is 2.67. The van der Waals surface area contributed by atoms with E-state index in [0.717, 1.165) is 18.5 Å². The molecule has 0 aromatic heterocycles. The number of nitrogens with zero attached hydrogens (tertiary/aromatic N) is 1. The van der Waals surface area contributed by atoms with E-state index in [1.54, 1.807) is 0 Å². The normalized spacial score (nSPS) is 30.4. The summed E-state index contributed by atoms with van der Waals surface area (Å²) in [6, 6.07) is 1.36. The highest BCUT2D eigenvalue weighted by Gasteiger charge is 2.34. The molecule has 3 unspecified atom stereocenters. The molecule has 1 aliphatic heterocycles. The van der Waals surface area contributed by atoms with Crippen LogP contribution >= 0.6 is 0 Å². The standard InChI is InChI=1S/C14H30N2/c1-7-11(3)12-9-15-13(14(4,5)6)10-16(12)8-2/h11-13,15H,7-10H2,1-6H3. The van der Waals surface area contributed by atoms with Gasteiger partial charge in [-0.15, -0.1) is 0 Å². The van der Waals surface area contributed by atoms with Crippen LogP contribution in [-0.2, 0) is 0 Å². The van der Waals surface area contributed by atoms with Gasteiger partial charge in [0.2, 0.25) is 0 Å². The lowest BCUT2D eigenvalue weighted by atomic mass is 9.83. The Balaban J connectivity index is 2.64. The summed E-state index contributed by atoms with van der Waals surface area (Å²) in [5.74, 6) is 0.799. The summed E-state index contributed by atoms with van der Waals surface area (Å²) in [7, 11) is 0. The van der Waals surface area contributed by atoms with Crippen LogP contribution in [0.5, 0.6) is 0 Å². The molecule has 0 aromatic carbocycles. The quantitative estimate of drug-likeness (QED) is 0.796. The van der Waals surface area contributed by atoms with Gasteiger partial charge in [0.05, 0.1) is 0 Å². The second kappa shape index (κ2) is 5.50. The Bertz CT molecular complexity index is 207. The minimum absolute atomic E-state index is 0.369. The van der Waals surface area contributed by atoms with Crippen LogP contribution in [0.1, 0.15) is 48.0 Å². The van der Waals surface area contributed by atoms with Gasteiger partial charge in [-0.2, -0.15) is 0 Å². The van der Waals surface area contributed by atoms with Crippen LogP contribution in [0.25, 0.3) is 0 Å². The number of piperazine rings is 1. The third-order valence-electron chi connectivity index (χ3n) is 4.21. The molecule has 1 aliphatic rings. The minimum Gasteiger partial charge on any atom is -0.311 e. The molecule has 0 spiro atoms. The summed E-state index contributed by atoms with van der Waals surface area (Å²) in [6.45, 7) is 17.5. The molecule has 0 bridgehead atoms. The van der Waals surface area contributed by atoms with Gasteiger partial charge in [0, 0.05) is 25.2 Å². The van der Waals surface area contributed by atoms with E-state index in [9.17, 15) is 0 Å². The lowest BCUT2D eigenvalue weighted by molar-refractivity contribution is 0.0627. The van der Waals surface area contributed by atoms with Crippen LogP contribution in [0, 0.1) is 11.3 Å². The van der Waals surface area contributed by atoms with Crippen molar-refractivity contribution < 1.29 is 0 Å². The van der Waals surface area contributed by atoms with Gasteiger partial charge in [0.1, 0.15) is 0 Å². The molecular weight excluding hydrogens is 196 g/mol. The summed E-state index contributed by atoms with van der Waals surface area (Å²) in [6.07, 6.45) is 1.28. The second-order valence-corrected chi connectivity index (χ2v) is 6.37. The van der Waals surface area contributed by atoms with Crippen molar-refractivity contribution in [3.05, 3.63) is 0 Å². The van der Waals surface area contributed by atoms with Crippen LogP contribution < -0.4 is 5.32 Å². The van der Waals surface area contributed by atoms with Gasteiger partial charge in [-0.1, -0.05) is 48.0 Å². The van der Waals surface area contributed by atoms with E-state index in [1.165, 1.54) is 19.5 Å². The number of likely N-dealkylation sites (N-methyl/N-ethyl adjacent to an activating group) is 1. The molecular formula is C14H30N2. The fraction of sp³-hybridized carbons (Fsp3) is 1.00. The maximum absolute atomic E-state index is 3.75. The number of hydrogen-bond donors (Lipinski definition) is 1. The van der Waals surface area contributed by atoms with Crippen molar-refractivity contribution >= 4 is 0 Å². The van der Waals surface area contributed by atoms with E-state index in [2.05, 4.69) is 51.8 Å². The molecule has 96 valence electrons. The number of nitrogens with one attached hydrogen (secondary N) is 1. The fourth-order valence-corrected chi connectivity index (χ4v) is 2.60. The maximum atomic E-state index is 3.75. The van der Waals surface area contributed by atoms with Crippen molar-refractivity contribution in [2.24, 2.45) is 11.3 Å². The molecule has 2 heteroatoms. The Morgan fingerprint density at radius 1 is 1.31 bits per heavy atom. The number of hydrogen-bond acceptors (Lipinski definition) is 2. The Labute approximate surface area is 102 Å². The first kappa shape index (κ1) is 14.0. The molecule has 1 saturated heterocycles. The van der Waals surface area contributed by atoms with Gasteiger partial charge in [-0.3, -0.25) is 4.90 Å². The van der Waals surface area contributed by atoms with Crippen LogP contribution in [0.2, 0.25) is 0 Å². The average Bonchev–Trinajstić information content (AvgIpc) is 2.26. The highest BCUT2D eigenvalue weighted by molar-refractivity contribution is 4.92. The molecule has 1 N–H and O–H groups in total. The third kappa shape index (κ3) is 3.21. The zero-order valence-corrected chi connectivity index (χ0v) is 12.0. The average molecular weight is 226 g/mol. The molecule has 1 fully saturated rings. The molecule has 16 heavy (non-hydrogen) atoms. The first-order valence-corrected chi connectivity index (χ1v) is 6.87. The fourth-order valence-electron chi connectivity index (χ4n) is 2.60. The summed E-state index contributed by atoms with van der Waals surface area (Å²) in [5.41, 5.74) is 0.369. The Morgan fingerprint density at radius 3 is 2.38 bits per heavy atom. The van der Waals surface area contributed by atoms with Crippen LogP contribution in [0.15, 0.2) is 0 Å². The zero-order valence-electron chi connectivity index (χ0n) is 12.0. The van der Waals surface area contributed by atoms with Crippen molar-refractivity contribution in [1.29, 1.82) is 0 Å². The van der Waals surface area contributed by atoms with Gasteiger partial charge in [0.15, 0.2) is 0 Å². The first-order chi connectivity index (χ1) is 7.40. The predicted molar refractivity (Wildman–Crippen MR) is 71.7 cm³/mol. The van der Waals surface area contributed by atoms with Gasteiger partial charge >= 0.3 is 0 Å². The summed E-state index contributed by atoms with van der Waals surface area (Å²) in [5, 5.41) is 3.75. The van der Waals surface area contributed by atoms with Gasteiger partial charge in [-0.05, 0) is 17.9 Å².